The summed E-state index contributed by atoms with van der Waals surface area (Å²) >= 11 is 0. The van der Waals surface area contributed by atoms with Crippen LogP contribution in [0.1, 0.15) is 85.2 Å². The van der Waals surface area contributed by atoms with Crippen LogP contribution in [0.25, 0.3) is 6.08 Å². The number of ketones is 1. The predicted molar refractivity (Wildman–Crippen MR) is 144 cm³/mol. The van der Waals surface area contributed by atoms with Gasteiger partial charge < -0.3 is 23.7 Å². The third-order valence-electron chi connectivity index (χ3n) is 4.51. The minimum atomic E-state index is -0.332. The van der Waals surface area contributed by atoms with Gasteiger partial charge in [-0.25, -0.2) is 0 Å². The standard InChI is InChI=1S/C30H42O6/c1-18(2)32-25(16-23-14-12-11-13-15-23)27(31)24-17-26(33-19(3)4)29(35-21(7)8)30(36-22(9)10)28(24)34-20(5)6/h11-22H,1-10H3. The summed E-state index contributed by atoms with van der Waals surface area (Å²) in [6, 6.07) is 11.3. The Morgan fingerprint density at radius 2 is 1.14 bits per heavy atom. The Morgan fingerprint density at radius 1 is 0.639 bits per heavy atom. The highest BCUT2D eigenvalue weighted by Gasteiger charge is 2.31. The third-order valence-corrected chi connectivity index (χ3v) is 4.51. The van der Waals surface area contributed by atoms with Gasteiger partial charge in [0.1, 0.15) is 0 Å². The molecule has 0 aliphatic rings. The fourth-order valence-electron chi connectivity index (χ4n) is 3.39. The average molecular weight is 499 g/mol. The van der Waals surface area contributed by atoms with E-state index in [4.69, 9.17) is 23.7 Å². The minimum absolute atomic E-state index is 0.153. The molecule has 0 radical (unpaired) electrons. The van der Waals surface area contributed by atoms with E-state index >= 15 is 0 Å². The van der Waals surface area contributed by atoms with Crippen LogP contribution in [0, 0.1) is 0 Å². The Kier molecular flexibility index (Phi) is 10.7. The zero-order valence-corrected chi connectivity index (χ0v) is 23.4. The van der Waals surface area contributed by atoms with Crippen molar-refractivity contribution in [3.05, 3.63) is 53.3 Å². The number of hydrogen-bond acceptors (Lipinski definition) is 6. The van der Waals surface area contributed by atoms with Crippen LogP contribution in [0.4, 0.5) is 0 Å². The highest BCUT2D eigenvalue weighted by atomic mass is 16.6. The highest BCUT2D eigenvalue weighted by Crippen LogP contribution is 2.49. The number of ether oxygens (including phenoxy) is 5. The molecule has 2 aromatic carbocycles. The number of rotatable bonds is 13. The van der Waals surface area contributed by atoms with Crippen LogP contribution in [0.5, 0.6) is 23.0 Å². The molecule has 0 unspecified atom stereocenters. The smallest absolute Gasteiger partial charge is 0.231 e. The Bertz CT molecular complexity index is 1020. The summed E-state index contributed by atoms with van der Waals surface area (Å²) in [6.07, 6.45) is 0.809. The van der Waals surface area contributed by atoms with Gasteiger partial charge in [0.25, 0.3) is 0 Å². The van der Waals surface area contributed by atoms with Crippen molar-refractivity contribution in [1.82, 2.24) is 0 Å². The lowest BCUT2D eigenvalue weighted by molar-refractivity contribution is 0.0840. The molecule has 0 fully saturated rings. The summed E-state index contributed by atoms with van der Waals surface area (Å²) < 4.78 is 30.8. The molecule has 2 rings (SSSR count). The summed E-state index contributed by atoms with van der Waals surface area (Å²) in [5.41, 5.74) is 1.14. The molecule has 0 amide bonds. The molecule has 0 aliphatic heterocycles. The van der Waals surface area contributed by atoms with Crippen molar-refractivity contribution >= 4 is 11.9 Å². The van der Waals surface area contributed by atoms with E-state index in [0.29, 0.717) is 23.0 Å². The van der Waals surface area contributed by atoms with Gasteiger partial charge in [-0.15, -0.1) is 0 Å². The van der Waals surface area contributed by atoms with Gasteiger partial charge in [-0.05, 0) is 86.9 Å². The van der Waals surface area contributed by atoms with Crippen molar-refractivity contribution in [2.45, 2.75) is 99.8 Å². The van der Waals surface area contributed by atoms with Crippen molar-refractivity contribution in [3.63, 3.8) is 0 Å². The molecule has 0 saturated heterocycles. The lowest BCUT2D eigenvalue weighted by Gasteiger charge is -2.26. The number of allylic oxidation sites excluding steroid dienone is 1. The second-order valence-electron chi connectivity index (χ2n) is 9.99. The van der Waals surface area contributed by atoms with E-state index in [9.17, 15) is 4.79 Å². The average Bonchev–Trinajstić information content (AvgIpc) is 2.75. The molecule has 0 bridgehead atoms. The molecule has 0 aliphatic carbocycles. The van der Waals surface area contributed by atoms with E-state index in [2.05, 4.69) is 0 Å². The van der Waals surface area contributed by atoms with E-state index in [0.717, 1.165) is 5.56 Å². The molecule has 0 spiro atoms. The van der Waals surface area contributed by atoms with Crippen LogP contribution in [-0.4, -0.2) is 36.3 Å². The quantitative estimate of drug-likeness (QED) is 0.162. The minimum Gasteiger partial charge on any atom is -0.487 e. The van der Waals surface area contributed by atoms with Crippen molar-refractivity contribution in [1.29, 1.82) is 0 Å². The fourth-order valence-corrected chi connectivity index (χ4v) is 3.39. The van der Waals surface area contributed by atoms with Gasteiger partial charge in [-0.1, -0.05) is 30.3 Å². The van der Waals surface area contributed by atoms with Crippen LogP contribution in [0.3, 0.4) is 0 Å². The molecule has 6 nitrogen and oxygen atoms in total. The van der Waals surface area contributed by atoms with Crippen molar-refractivity contribution in [2.75, 3.05) is 0 Å². The molecular formula is C30H42O6. The number of carbonyl (C=O) groups excluding carboxylic acids is 1. The normalized spacial score (nSPS) is 12.0. The molecule has 198 valence electrons. The van der Waals surface area contributed by atoms with E-state index in [1.54, 1.807) is 12.1 Å². The van der Waals surface area contributed by atoms with Crippen LogP contribution in [0.15, 0.2) is 42.2 Å². The number of Topliss-reactive ketones (excluding diaryl/α,β-unsaturated/α-hetero) is 1. The Hall–Kier alpha value is -3.15. The SMILES string of the molecule is CC(C)OC(=Cc1ccccc1)C(=O)c1cc(OC(C)C)c(OC(C)C)c(OC(C)C)c1OC(C)C. The van der Waals surface area contributed by atoms with Crippen LogP contribution >= 0.6 is 0 Å². The van der Waals surface area contributed by atoms with Gasteiger partial charge in [0.05, 0.1) is 36.1 Å². The summed E-state index contributed by atoms with van der Waals surface area (Å²) in [5, 5.41) is 0. The molecule has 2 aromatic rings. The van der Waals surface area contributed by atoms with Crippen LogP contribution in [-0.2, 0) is 4.74 Å². The number of hydrogen-bond donors (Lipinski definition) is 0. The third kappa shape index (κ3) is 8.51. The molecule has 0 heterocycles. The fraction of sp³-hybridized carbons (Fsp3) is 0.500. The van der Waals surface area contributed by atoms with Gasteiger partial charge in [0.2, 0.25) is 17.3 Å². The zero-order valence-electron chi connectivity index (χ0n) is 23.4. The maximum Gasteiger partial charge on any atom is 0.231 e. The van der Waals surface area contributed by atoms with E-state index in [-0.39, 0.29) is 47.6 Å². The maximum absolute atomic E-state index is 14.1. The molecule has 0 aromatic heterocycles. The van der Waals surface area contributed by atoms with Crippen molar-refractivity contribution in [2.24, 2.45) is 0 Å². The summed E-state index contributed by atoms with van der Waals surface area (Å²) in [6.45, 7) is 19.1. The first-order chi connectivity index (χ1) is 16.9. The largest absolute Gasteiger partial charge is 0.487 e. The summed E-state index contributed by atoms with van der Waals surface area (Å²) in [5.74, 6) is 1.35. The highest BCUT2D eigenvalue weighted by molar-refractivity contribution is 6.12. The van der Waals surface area contributed by atoms with E-state index in [1.807, 2.05) is 99.6 Å². The molecule has 6 heteroatoms. The van der Waals surface area contributed by atoms with E-state index in [1.165, 1.54) is 0 Å². The first-order valence-electron chi connectivity index (χ1n) is 12.7. The molecule has 0 saturated carbocycles. The van der Waals surface area contributed by atoms with Crippen molar-refractivity contribution in [3.8, 4) is 23.0 Å². The first kappa shape index (κ1) is 29.1. The Morgan fingerprint density at radius 3 is 1.64 bits per heavy atom. The second kappa shape index (κ2) is 13.2. The van der Waals surface area contributed by atoms with Crippen LogP contribution in [0.2, 0.25) is 0 Å². The summed E-state index contributed by atoms with van der Waals surface area (Å²) in [7, 11) is 0. The summed E-state index contributed by atoms with van der Waals surface area (Å²) in [4.78, 5) is 14.1. The second-order valence-corrected chi connectivity index (χ2v) is 9.99. The van der Waals surface area contributed by atoms with Gasteiger partial charge >= 0.3 is 0 Å². The monoisotopic (exact) mass is 498 g/mol. The topological polar surface area (TPSA) is 63.2 Å². The van der Waals surface area contributed by atoms with Gasteiger partial charge in [0, 0.05) is 0 Å². The zero-order chi connectivity index (χ0) is 27.0. The van der Waals surface area contributed by atoms with E-state index < -0.39 is 0 Å². The lowest BCUT2D eigenvalue weighted by Crippen LogP contribution is -2.19. The Balaban J connectivity index is 2.86. The van der Waals surface area contributed by atoms with Crippen molar-refractivity contribution < 1.29 is 28.5 Å². The molecule has 36 heavy (non-hydrogen) atoms. The lowest BCUT2D eigenvalue weighted by atomic mass is 10.0. The molecule has 0 N–H and O–H groups in total. The van der Waals surface area contributed by atoms with Gasteiger partial charge in [-0.3, -0.25) is 4.79 Å². The predicted octanol–water partition coefficient (Wildman–Crippen LogP) is 7.48. The number of benzene rings is 2. The number of carbonyl (C=O) groups is 1. The maximum atomic E-state index is 14.1. The van der Waals surface area contributed by atoms with Gasteiger partial charge in [-0.2, -0.15) is 0 Å². The Labute approximate surface area is 216 Å². The van der Waals surface area contributed by atoms with Crippen LogP contribution < -0.4 is 18.9 Å². The molecule has 0 atom stereocenters. The van der Waals surface area contributed by atoms with Gasteiger partial charge in [0.15, 0.2) is 17.3 Å². The first-order valence-corrected chi connectivity index (χ1v) is 12.7. The molecular weight excluding hydrogens is 456 g/mol.